The molecule has 2 saturated carbocycles. The van der Waals surface area contributed by atoms with Crippen LogP contribution in [0.3, 0.4) is 0 Å². The molecule has 3 rings (SSSR count). The Morgan fingerprint density at radius 3 is 1.78 bits per heavy atom. The van der Waals surface area contributed by atoms with Gasteiger partial charge in [0.2, 0.25) is 0 Å². The molecule has 146 valence electrons. The van der Waals surface area contributed by atoms with Gasteiger partial charge in [0.05, 0.1) is 16.1 Å². The lowest BCUT2D eigenvalue weighted by atomic mass is 9.94. The molecule has 2 aliphatic carbocycles. The average molecular weight is 373 g/mol. The highest BCUT2D eigenvalue weighted by Gasteiger charge is 2.25. The molecular formula is C20H27N3O4. The van der Waals surface area contributed by atoms with E-state index in [9.17, 15) is 19.7 Å². The second-order valence-corrected chi connectivity index (χ2v) is 7.60. The number of nitro groups is 1. The molecule has 1 aromatic rings. The zero-order chi connectivity index (χ0) is 19.2. The van der Waals surface area contributed by atoms with E-state index in [2.05, 4.69) is 10.6 Å². The summed E-state index contributed by atoms with van der Waals surface area (Å²) in [4.78, 5) is 36.1. The first-order chi connectivity index (χ1) is 13.0. The molecule has 2 amide bonds. The van der Waals surface area contributed by atoms with Crippen molar-refractivity contribution in [3.63, 3.8) is 0 Å². The van der Waals surface area contributed by atoms with Crippen molar-refractivity contribution in [3.8, 4) is 0 Å². The maximum atomic E-state index is 12.8. The van der Waals surface area contributed by atoms with E-state index in [1.165, 1.54) is 24.6 Å². The Morgan fingerprint density at radius 1 is 0.815 bits per heavy atom. The number of hydrogen-bond donors (Lipinski definition) is 2. The number of carbonyl (C=O) groups excluding carboxylic acids is 2. The summed E-state index contributed by atoms with van der Waals surface area (Å²) in [5.74, 6) is -0.731. The van der Waals surface area contributed by atoms with Crippen LogP contribution in [-0.2, 0) is 0 Å². The van der Waals surface area contributed by atoms with Crippen molar-refractivity contribution in [2.45, 2.75) is 76.3 Å². The highest BCUT2D eigenvalue weighted by molar-refractivity contribution is 6.07. The van der Waals surface area contributed by atoms with Crippen LogP contribution in [-0.4, -0.2) is 28.8 Å². The smallest absolute Gasteiger partial charge is 0.270 e. The summed E-state index contributed by atoms with van der Waals surface area (Å²) in [5, 5.41) is 17.1. The van der Waals surface area contributed by atoms with Gasteiger partial charge >= 0.3 is 0 Å². The molecular weight excluding hydrogens is 346 g/mol. The van der Waals surface area contributed by atoms with Crippen molar-refractivity contribution in [1.82, 2.24) is 10.6 Å². The van der Waals surface area contributed by atoms with Crippen LogP contribution in [0.2, 0.25) is 0 Å². The zero-order valence-electron chi connectivity index (χ0n) is 15.5. The molecule has 1 aromatic carbocycles. The van der Waals surface area contributed by atoms with Gasteiger partial charge in [0.15, 0.2) is 0 Å². The number of benzene rings is 1. The summed E-state index contributed by atoms with van der Waals surface area (Å²) >= 11 is 0. The summed E-state index contributed by atoms with van der Waals surface area (Å²) in [7, 11) is 0. The van der Waals surface area contributed by atoms with Crippen LogP contribution in [0.4, 0.5) is 5.69 Å². The predicted molar refractivity (Wildman–Crippen MR) is 102 cm³/mol. The van der Waals surface area contributed by atoms with Gasteiger partial charge in [-0.05, 0) is 31.7 Å². The van der Waals surface area contributed by atoms with E-state index in [4.69, 9.17) is 0 Å². The van der Waals surface area contributed by atoms with Gasteiger partial charge in [0.25, 0.3) is 17.5 Å². The van der Waals surface area contributed by atoms with Crippen LogP contribution in [0.1, 0.15) is 84.9 Å². The number of carbonyl (C=O) groups is 2. The number of nitrogens with one attached hydrogen (secondary N) is 2. The molecule has 0 atom stereocenters. The molecule has 7 nitrogen and oxygen atoms in total. The van der Waals surface area contributed by atoms with Crippen LogP contribution in [0.25, 0.3) is 0 Å². The molecule has 2 aliphatic rings. The summed E-state index contributed by atoms with van der Waals surface area (Å²) in [5.41, 5.74) is 0.112. The standard InChI is InChI=1S/C20H27N3O4/c24-19(21-14-7-3-1-4-8-14)17-12-11-16(23(26)27)13-18(17)20(25)22-15-9-5-2-6-10-15/h11-15H,1-10H2,(H,21,24)(H,22,25). The molecule has 0 radical (unpaired) electrons. The third-order valence-corrected chi connectivity index (χ3v) is 5.58. The van der Waals surface area contributed by atoms with E-state index in [1.54, 1.807) is 0 Å². The third kappa shape index (κ3) is 5.05. The van der Waals surface area contributed by atoms with E-state index in [0.717, 1.165) is 57.8 Å². The Morgan fingerprint density at radius 2 is 1.30 bits per heavy atom. The van der Waals surface area contributed by atoms with Gasteiger partial charge in [0.1, 0.15) is 0 Å². The quantitative estimate of drug-likeness (QED) is 0.606. The summed E-state index contributed by atoms with van der Waals surface area (Å²) < 4.78 is 0. The van der Waals surface area contributed by atoms with Gasteiger partial charge in [-0.15, -0.1) is 0 Å². The number of nitrogens with zero attached hydrogens (tertiary/aromatic N) is 1. The predicted octanol–water partition coefficient (Wildman–Crippen LogP) is 3.72. The van der Waals surface area contributed by atoms with Crippen LogP contribution in [0.5, 0.6) is 0 Å². The molecule has 7 heteroatoms. The summed E-state index contributed by atoms with van der Waals surface area (Å²) in [6, 6.07) is 4.07. The summed E-state index contributed by atoms with van der Waals surface area (Å²) in [6.45, 7) is 0. The van der Waals surface area contributed by atoms with Crippen molar-refractivity contribution >= 4 is 17.5 Å². The summed E-state index contributed by atoms with van der Waals surface area (Å²) in [6.07, 6.45) is 10.3. The SMILES string of the molecule is O=C(NC1CCCCC1)c1ccc([N+](=O)[O-])cc1C(=O)NC1CCCCC1. The van der Waals surface area contributed by atoms with Crippen molar-refractivity contribution < 1.29 is 14.5 Å². The van der Waals surface area contributed by atoms with E-state index in [1.807, 2.05) is 0 Å². The van der Waals surface area contributed by atoms with Gasteiger partial charge in [-0.25, -0.2) is 0 Å². The molecule has 2 fully saturated rings. The minimum atomic E-state index is -0.541. The minimum absolute atomic E-state index is 0.0692. The molecule has 0 heterocycles. The second kappa shape index (κ2) is 8.97. The first kappa shape index (κ1) is 19.3. The van der Waals surface area contributed by atoms with Crippen LogP contribution in [0, 0.1) is 10.1 Å². The maximum Gasteiger partial charge on any atom is 0.270 e. The van der Waals surface area contributed by atoms with Crippen molar-refractivity contribution in [1.29, 1.82) is 0 Å². The average Bonchev–Trinajstić information content (AvgIpc) is 2.69. The number of nitro benzene ring substituents is 1. The van der Waals surface area contributed by atoms with Gasteiger partial charge in [-0.1, -0.05) is 38.5 Å². The molecule has 2 N–H and O–H groups in total. The zero-order valence-corrected chi connectivity index (χ0v) is 15.5. The normalized spacial score (nSPS) is 18.7. The second-order valence-electron chi connectivity index (χ2n) is 7.60. The number of non-ortho nitro benzene ring substituents is 1. The highest BCUT2D eigenvalue weighted by atomic mass is 16.6. The fourth-order valence-corrected chi connectivity index (χ4v) is 4.05. The Labute approximate surface area is 159 Å². The van der Waals surface area contributed by atoms with Crippen LogP contribution >= 0.6 is 0 Å². The lowest BCUT2D eigenvalue weighted by Crippen LogP contribution is -2.39. The van der Waals surface area contributed by atoms with Gasteiger partial charge in [-0.3, -0.25) is 19.7 Å². The van der Waals surface area contributed by atoms with Crippen LogP contribution < -0.4 is 10.6 Å². The number of hydrogen-bond acceptors (Lipinski definition) is 4. The molecule has 0 bridgehead atoms. The largest absolute Gasteiger partial charge is 0.349 e. The Kier molecular flexibility index (Phi) is 6.42. The molecule has 0 spiro atoms. The van der Waals surface area contributed by atoms with Crippen molar-refractivity contribution in [2.24, 2.45) is 0 Å². The molecule has 27 heavy (non-hydrogen) atoms. The fourth-order valence-electron chi connectivity index (χ4n) is 4.05. The van der Waals surface area contributed by atoms with Crippen LogP contribution in [0.15, 0.2) is 18.2 Å². The molecule has 0 unspecified atom stereocenters. The lowest BCUT2D eigenvalue weighted by molar-refractivity contribution is -0.384. The van der Waals surface area contributed by atoms with Gasteiger partial charge < -0.3 is 10.6 Å². The Balaban J connectivity index is 1.79. The fraction of sp³-hybridized carbons (Fsp3) is 0.600. The Bertz CT molecular complexity index is 707. The Hall–Kier alpha value is -2.44. The lowest BCUT2D eigenvalue weighted by Gasteiger charge is -2.24. The third-order valence-electron chi connectivity index (χ3n) is 5.58. The monoisotopic (exact) mass is 373 g/mol. The van der Waals surface area contributed by atoms with E-state index < -0.39 is 10.8 Å². The topological polar surface area (TPSA) is 101 Å². The van der Waals surface area contributed by atoms with E-state index >= 15 is 0 Å². The minimum Gasteiger partial charge on any atom is -0.349 e. The highest BCUT2D eigenvalue weighted by Crippen LogP contribution is 2.22. The molecule has 0 aromatic heterocycles. The van der Waals surface area contributed by atoms with E-state index in [-0.39, 0.29) is 34.8 Å². The van der Waals surface area contributed by atoms with Crippen molar-refractivity contribution in [2.75, 3.05) is 0 Å². The number of rotatable bonds is 5. The molecule has 0 aliphatic heterocycles. The van der Waals surface area contributed by atoms with Gasteiger partial charge in [-0.2, -0.15) is 0 Å². The van der Waals surface area contributed by atoms with E-state index in [0.29, 0.717) is 0 Å². The van der Waals surface area contributed by atoms with Gasteiger partial charge in [0, 0.05) is 24.2 Å². The first-order valence-corrected chi connectivity index (χ1v) is 9.95. The van der Waals surface area contributed by atoms with Crippen molar-refractivity contribution in [3.05, 3.63) is 39.4 Å². The molecule has 0 saturated heterocycles. The first-order valence-electron chi connectivity index (χ1n) is 9.95. The number of amides is 2. The maximum absolute atomic E-state index is 12.8.